The molecule has 0 bridgehead atoms. The Morgan fingerprint density at radius 3 is 2.14 bits per heavy atom. The average molecular weight is 386 g/mol. The quantitative estimate of drug-likeness (QED) is 0.424. The van der Waals surface area contributed by atoms with E-state index in [1.165, 1.54) is 36.4 Å². The van der Waals surface area contributed by atoms with Gasteiger partial charge in [-0.25, -0.2) is 0 Å². The molecule has 0 atom stereocenters. The molecule has 0 radical (unpaired) electrons. The monoisotopic (exact) mass is 386 g/mol. The summed E-state index contributed by atoms with van der Waals surface area (Å²) in [5.41, 5.74) is 1.89. The number of carbonyl (C=O) groups excluding carboxylic acids is 3. The van der Waals surface area contributed by atoms with Crippen LogP contribution in [-0.4, -0.2) is 22.4 Å². The van der Waals surface area contributed by atoms with Crippen LogP contribution in [0.2, 0.25) is 0 Å². The maximum atomic E-state index is 12.8. The molecular formula is C22H14N2O5. The molecule has 142 valence electrons. The number of nitro benzene ring substituents is 1. The van der Waals surface area contributed by atoms with Crippen LogP contribution in [0.5, 0.6) is 0 Å². The Morgan fingerprint density at radius 2 is 1.48 bits per heavy atom. The first-order chi connectivity index (χ1) is 13.9. The standard InChI is InChI=1S/C22H14N2O5/c1-12-6-7-13(10-19(12)24(28)29)22(27)23-14-8-9-17-18(11-14)21(26)16-5-3-2-4-15(16)20(17)25/h2-11H,1H3,(H,23,27). The van der Waals surface area contributed by atoms with E-state index in [0.717, 1.165) is 0 Å². The van der Waals surface area contributed by atoms with Gasteiger partial charge in [-0.2, -0.15) is 0 Å². The second kappa shape index (κ2) is 6.79. The van der Waals surface area contributed by atoms with Crippen LogP contribution in [-0.2, 0) is 0 Å². The number of benzene rings is 3. The van der Waals surface area contributed by atoms with Crippen molar-refractivity contribution in [1.29, 1.82) is 0 Å². The Bertz CT molecular complexity index is 1230. The average Bonchev–Trinajstić information content (AvgIpc) is 2.72. The zero-order chi connectivity index (χ0) is 20.7. The predicted octanol–water partition coefficient (Wildman–Crippen LogP) is 3.93. The number of hydrogen-bond donors (Lipinski definition) is 1. The largest absolute Gasteiger partial charge is 0.322 e. The lowest BCUT2D eigenvalue weighted by Gasteiger charge is -2.18. The highest BCUT2D eigenvalue weighted by molar-refractivity contribution is 6.28. The molecule has 7 heteroatoms. The molecule has 3 aromatic carbocycles. The van der Waals surface area contributed by atoms with Crippen LogP contribution in [0.15, 0.2) is 60.7 Å². The molecule has 0 saturated carbocycles. The molecule has 1 aliphatic rings. The molecule has 7 nitrogen and oxygen atoms in total. The molecule has 0 aliphatic heterocycles. The smallest absolute Gasteiger partial charge is 0.273 e. The van der Waals surface area contributed by atoms with Gasteiger partial charge in [0.15, 0.2) is 11.6 Å². The predicted molar refractivity (Wildman–Crippen MR) is 106 cm³/mol. The van der Waals surface area contributed by atoms with E-state index in [-0.39, 0.29) is 33.9 Å². The molecule has 0 saturated heterocycles. The van der Waals surface area contributed by atoms with E-state index in [2.05, 4.69) is 5.32 Å². The summed E-state index contributed by atoms with van der Waals surface area (Å²) in [6.45, 7) is 1.59. The van der Waals surface area contributed by atoms with Gasteiger partial charge in [-0.1, -0.05) is 30.3 Å². The number of rotatable bonds is 3. The van der Waals surface area contributed by atoms with Crippen molar-refractivity contribution >= 4 is 28.8 Å². The molecule has 1 aliphatic carbocycles. The van der Waals surface area contributed by atoms with Crippen molar-refractivity contribution in [3.05, 3.63) is 104 Å². The number of carbonyl (C=O) groups is 3. The van der Waals surface area contributed by atoms with Gasteiger partial charge in [-0.05, 0) is 31.2 Å². The number of aryl methyl sites for hydroxylation is 1. The fourth-order valence-electron chi connectivity index (χ4n) is 3.33. The summed E-state index contributed by atoms with van der Waals surface area (Å²) in [7, 11) is 0. The minimum Gasteiger partial charge on any atom is -0.322 e. The Labute approximate surface area is 165 Å². The van der Waals surface area contributed by atoms with E-state index >= 15 is 0 Å². The summed E-state index contributed by atoms with van der Waals surface area (Å²) in [6, 6.07) is 15.3. The van der Waals surface area contributed by atoms with Gasteiger partial charge in [0.25, 0.3) is 11.6 Å². The van der Waals surface area contributed by atoms with Crippen LogP contribution in [0.1, 0.15) is 47.8 Å². The lowest BCUT2D eigenvalue weighted by Crippen LogP contribution is -2.21. The second-order valence-electron chi connectivity index (χ2n) is 6.68. The molecule has 29 heavy (non-hydrogen) atoms. The summed E-state index contributed by atoms with van der Waals surface area (Å²) in [5, 5.41) is 13.7. The number of nitro groups is 1. The minimum atomic E-state index is -0.553. The Kier molecular flexibility index (Phi) is 4.27. The first-order valence-electron chi connectivity index (χ1n) is 8.75. The van der Waals surface area contributed by atoms with Crippen LogP contribution in [0.4, 0.5) is 11.4 Å². The number of fused-ring (bicyclic) bond motifs is 2. The van der Waals surface area contributed by atoms with Crippen molar-refractivity contribution in [3.63, 3.8) is 0 Å². The molecule has 0 spiro atoms. The Balaban J connectivity index is 1.66. The van der Waals surface area contributed by atoms with E-state index < -0.39 is 10.8 Å². The third-order valence-electron chi connectivity index (χ3n) is 4.85. The van der Waals surface area contributed by atoms with Gasteiger partial charge in [-0.15, -0.1) is 0 Å². The normalized spacial score (nSPS) is 12.2. The number of ketones is 2. The van der Waals surface area contributed by atoms with Gasteiger partial charge < -0.3 is 5.32 Å². The number of amides is 1. The number of nitrogens with one attached hydrogen (secondary N) is 1. The fourth-order valence-corrected chi connectivity index (χ4v) is 3.33. The summed E-state index contributed by atoms with van der Waals surface area (Å²) in [4.78, 5) is 48.5. The highest BCUT2D eigenvalue weighted by atomic mass is 16.6. The van der Waals surface area contributed by atoms with Gasteiger partial charge in [0.1, 0.15) is 0 Å². The first kappa shape index (κ1) is 18.2. The summed E-state index contributed by atoms with van der Waals surface area (Å²) in [6.07, 6.45) is 0. The van der Waals surface area contributed by atoms with Gasteiger partial charge >= 0.3 is 0 Å². The first-order valence-corrected chi connectivity index (χ1v) is 8.75. The van der Waals surface area contributed by atoms with Crippen LogP contribution in [0.3, 0.4) is 0 Å². The molecule has 0 aromatic heterocycles. The SMILES string of the molecule is Cc1ccc(C(=O)Nc2ccc3c(c2)C(=O)c2ccccc2C3=O)cc1[N+](=O)[O-]. The highest BCUT2D eigenvalue weighted by Crippen LogP contribution is 2.29. The van der Waals surface area contributed by atoms with Crippen molar-refractivity contribution in [3.8, 4) is 0 Å². The van der Waals surface area contributed by atoms with Crippen molar-refractivity contribution in [2.24, 2.45) is 0 Å². The minimum absolute atomic E-state index is 0.118. The molecule has 0 fully saturated rings. The van der Waals surface area contributed by atoms with Crippen LogP contribution >= 0.6 is 0 Å². The van der Waals surface area contributed by atoms with Crippen molar-refractivity contribution in [2.45, 2.75) is 6.92 Å². The van der Waals surface area contributed by atoms with E-state index in [9.17, 15) is 24.5 Å². The number of anilines is 1. The van der Waals surface area contributed by atoms with Crippen molar-refractivity contribution in [2.75, 3.05) is 5.32 Å². The van der Waals surface area contributed by atoms with Gasteiger partial charge in [0.05, 0.1) is 4.92 Å². The van der Waals surface area contributed by atoms with Gasteiger partial charge in [0.2, 0.25) is 0 Å². The van der Waals surface area contributed by atoms with E-state index in [1.54, 1.807) is 31.2 Å². The van der Waals surface area contributed by atoms with E-state index in [0.29, 0.717) is 22.4 Å². The maximum absolute atomic E-state index is 12.8. The second-order valence-corrected chi connectivity index (χ2v) is 6.68. The molecule has 0 heterocycles. The van der Waals surface area contributed by atoms with Gasteiger partial charge in [-0.3, -0.25) is 24.5 Å². The molecule has 1 N–H and O–H groups in total. The Morgan fingerprint density at radius 1 is 0.862 bits per heavy atom. The zero-order valence-electron chi connectivity index (χ0n) is 15.3. The third-order valence-corrected chi connectivity index (χ3v) is 4.85. The van der Waals surface area contributed by atoms with E-state index in [1.807, 2.05) is 0 Å². The topological polar surface area (TPSA) is 106 Å². The molecule has 0 unspecified atom stereocenters. The lowest BCUT2D eigenvalue weighted by molar-refractivity contribution is -0.385. The van der Waals surface area contributed by atoms with E-state index in [4.69, 9.17) is 0 Å². The Hall–Kier alpha value is -4.13. The fraction of sp³-hybridized carbons (Fsp3) is 0.0455. The highest BCUT2D eigenvalue weighted by Gasteiger charge is 2.29. The number of nitrogens with zero attached hydrogens (tertiary/aromatic N) is 1. The molecule has 1 amide bonds. The van der Waals surface area contributed by atoms with Crippen LogP contribution in [0, 0.1) is 17.0 Å². The van der Waals surface area contributed by atoms with Crippen LogP contribution < -0.4 is 5.32 Å². The summed E-state index contributed by atoms with van der Waals surface area (Å²) < 4.78 is 0. The molecular weight excluding hydrogens is 372 g/mol. The maximum Gasteiger partial charge on any atom is 0.273 e. The van der Waals surface area contributed by atoms with Crippen molar-refractivity contribution < 1.29 is 19.3 Å². The lowest BCUT2D eigenvalue weighted by atomic mass is 9.84. The third kappa shape index (κ3) is 3.08. The summed E-state index contributed by atoms with van der Waals surface area (Å²) >= 11 is 0. The van der Waals surface area contributed by atoms with Crippen molar-refractivity contribution in [1.82, 2.24) is 0 Å². The summed E-state index contributed by atoms with van der Waals surface area (Å²) in [5.74, 6) is -1.09. The van der Waals surface area contributed by atoms with Crippen LogP contribution in [0.25, 0.3) is 0 Å². The molecule has 4 rings (SSSR count). The number of hydrogen-bond acceptors (Lipinski definition) is 5. The van der Waals surface area contributed by atoms with Gasteiger partial charge in [0, 0.05) is 45.1 Å². The zero-order valence-corrected chi connectivity index (χ0v) is 15.3. The molecule has 3 aromatic rings.